The number of carbonyl (C=O) groups is 2. The first-order chi connectivity index (χ1) is 18.2. The van der Waals surface area contributed by atoms with Crippen molar-refractivity contribution in [2.75, 3.05) is 6.54 Å². The van der Waals surface area contributed by atoms with Crippen LogP contribution in [0.25, 0.3) is 27.7 Å². The molecule has 5 rings (SSSR count). The van der Waals surface area contributed by atoms with Gasteiger partial charge in [0.25, 0.3) is 5.91 Å². The minimum absolute atomic E-state index is 0.0790. The smallest absolute Gasteiger partial charge is 0.322 e. The molecule has 3 aromatic carbocycles. The number of nitrogens with zero attached hydrogens (tertiary/aromatic N) is 1. The number of aromatic nitrogens is 1. The standard InChI is InChI=1S/C32H34N2O4/c1-32(2,3)24-11-8-21(9-12-24)22-10-17-28-23(18-22)19-29(31(37)33-20-30(35)36)34(28)25-13-15-27(16-14-25)38-26-6-4-5-7-26/h8-19,26H,4-7,20H2,1-3H3,(H,33,37)(H,35,36). The van der Waals surface area contributed by atoms with E-state index in [1.165, 1.54) is 18.4 Å². The second-order valence-corrected chi connectivity index (χ2v) is 11.1. The molecule has 0 aliphatic heterocycles. The number of benzene rings is 3. The molecule has 0 radical (unpaired) electrons. The van der Waals surface area contributed by atoms with Crippen LogP contribution in [0.4, 0.5) is 0 Å². The highest BCUT2D eigenvalue weighted by atomic mass is 16.5. The molecular weight excluding hydrogens is 476 g/mol. The molecular formula is C32H34N2O4. The van der Waals surface area contributed by atoms with E-state index in [0.29, 0.717) is 5.69 Å². The zero-order valence-electron chi connectivity index (χ0n) is 22.2. The molecule has 6 nitrogen and oxygen atoms in total. The highest BCUT2D eigenvalue weighted by Crippen LogP contribution is 2.32. The largest absolute Gasteiger partial charge is 0.490 e. The molecule has 1 fully saturated rings. The van der Waals surface area contributed by atoms with Gasteiger partial charge in [0.2, 0.25) is 0 Å². The lowest BCUT2D eigenvalue weighted by Gasteiger charge is -2.19. The van der Waals surface area contributed by atoms with Crippen molar-refractivity contribution in [1.29, 1.82) is 0 Å². The predicted octanol–water partition coefficient (Wildman–Crippen LogP) is 6.73. The topological polar surface area (TPSA) is 80.6 Å². The number of amides is 1. The van der Waals surface area contributed by atoms with E-state index in [2.05, 4.69) is 62.5 Å². The monoisotopic (exact) mass is 510 g/mol. The molecule has 1 amide bonds. The highest BCUT2D eigenvalue weighted by molar-refractivity contribution is 6.01. The van der Waals surface area contributed by atoms with Crippen molar-refractivity contribution in [2.24, 2.45) is 0 Å². The fraction of sp³-hybridized carbons (Fsp3) is 0.312. The van der Waals surface area contributed by atoms with Gasteiger partial charge in [-0.25, -0.2) is 0 Å². The minimum atomic E-state index is -1.09. The van der Waals surface area contributed by atoms with Crippen LogP contribution in [0.2, 0.25) is 0 Å². The molecule has 6 heteroatoms. The van der Waals surface area contributed by atoms with E-state index < -0.39 is 18.4 Å². The fourth-order valence-electron chi connectivity index (χ4n) is 5.12. The number of rotatable bonds is 7. The summed E-state index contributed by atoms with van der Waals surface area (Å²) < 4.78 is 7.99. The van der Waals surface area contributed by atoms with Crippen LogP contribution in [-0.2, 0) is 10.2 Å². The summed E-state index contributed by atoms with van der Waals surface area (Å²) >= 11 is 0. The Kier molecular flexibility index (Phi) is 6.98. The summed E-state index contributed by atoms with van der Waals surface area (Å²) in [6, 6.07) is 24.3. The maximum Gasteiger partial charge on any atom is 0.322 e. The van der Waals surface area contributed by atoms with Crippen LogP contribution in [0.3, 0.4) is 0 Å². The third kappa shape index (κ3) is 5.44. The van der Waals surface area contributed by atoms with Crippen molar-refractivity contribution >= 4 is 22.8 Å². The van der Waals surface area contributed by atoms with E-state index in [9.17, 15) is 9.59 Å². The van der Waals surface area contributed by atoms with Gasteiger partial charge in [0.05, 0.1) is 11.6 Å². The third-order valence-corrected chi connectivity index (χ3v) is 7.22. The van der Waals surface area contributed by atoms with Crippen LogP contribution < -0.4 is 10.1 Å². The Bertz CT molecular complexity index is 1450. The van der Waals surface area contributed by atoms with Crippen LogP contribution in [-0.4, -0.2) is 34.2 Å². The molecule has 196 valence electrons. The van der Waals surface area contributed by atoms with Gasteiger partial charge in [-0.2, -0.15) is 0 Å². The van der Waals surface area contributed by atoms with Crippen LogP contribution in [0, 0.1) is 0 Å². The van der Waals surface area contributed by atoms with E-state index in [0.717, 1.165) is 46.3 Å². The van der Waals surface area contributed by atoms with Crippen molar-refractivity contribution in [3.8, 4) is 22.6 Å². The van der Waals surface area contributed by atoms with Gasteiger partial charge in [-0.15, -0.1) is 0 Å². The molecule has 1 aliphatic carbocycles. The molecule has 1 heterocycles. The van der Waals surface area contributed by atoms with Gasteiger partial charge < -0.3 is 19.7 Å². The second kappa shape index (κ2) is 10.4. The molecule has 0 unspecified atom stereocenters. The SMILES string of the molecule is CC(C)(C)c1ccc(-c2ccc3c(c2)cc(C(=O)NCC(=O)O)n3-c2ccc(OC3CCCC3)cc2)cc1. The van der Waals surface area contributed by atoms with E-state index in [1.54, 1.807) is 0 Å². The molecule has 0 spiro atoms. The molecule has 38 heavy (non-hydrogen) atoms. The van der Waals surface area contributed by atoms with Crippen LogP contribution >= 0.6 is 0 Å². The van der Waals surface area contributed by atoms with E-state index in [-0.39, 0.29) is 11.5 Å². The quantitative estimate of drug-likeness (QED) is 0.289. The summed E-state index contributed by atoms with van der Waals surface area (Å²) in [6.07, 6.45) is 4.84. The number of carboxylic acids is 1. The molecule has 0 atom stereocenters. The summed E-state index contributed by atoms with van der Waals surface area (Å²) in [5.41, 5.74) is 5.55. The summed E-state index contributed by atoms with van der Waals surface area (Å²) in [5.74, 6) is -0.712. The maximum atomic E-state index is 13.1. The second-order valence-electron chi connectivity index (χ2n) is 11.1. The molecule has 1 aromatic heterocycles. The van der Waals surface area contributed by atoms with E-state index >= 15 is 0 Å². The molecule has 4 aromatic rings. The Morgan fingerprint density at radius 3 is 2.21 bits per heavy atom. The van der Waals surface area contributed by atoms with Gasteiger partial charge >= 0.3 is 5.97 Å². The van der Waals surface area contributed by atoms with Crippen LogP contribution in [0.5, 0.6) is 5.75 Å². The minimum Gasteiger partial charge on any atom is -0.490 e. The normalized spacial score (nSPS) is 14.1. The Labute approximate surface area is 223 Å². The summed E-state index contributed by atoms with van der Waals surface area (Å²) in [4.78, 5) is 24.2. The van der Waals surface area contributed by atoms with E-state index in [4.69, 9.17) is 9.84 Å². The Balaban J connectivity index is 1.52. The lowest BCUT2D eigenvalue weighted by atomic mass is 9.86. The Morgan fingerprint density at radius 1 is 0.921 bits per heavy atom. The Morgan fingerprint density at radius 2 is 1.58 bits per heavy atom. The highest BCUT2D eigenvalue weighted by Gasteiger charge is 2.20. The lowest BCUT2D eigenvalue weighted by molar-refractivity contribution is -0.135. The van der Waals surface area contributed by atoms with Crippen LogP contribution in [0.1, 0.15) is 62.5 Å². The van der Waals surface area contributed by atoms with E-state index in [1.807, 2.05) is 41.0 Å². The van der Waals surface area contributed by atoms with Crippen molar-refractivity contribution < 1.29 is 19.4 Å². The fourth-order valence-corrected chi connectivity index (χ4v) is 5.12. The number of hydrogen-bond donors (Lipinski definition) is 2. The van der Waals surface area contributed by atoms with Crippen molar-refractivity contribution in [3.63, 3.8) is 0 Å². The predicted molar refractivity (Wildman–Crippen MR) is 150 cm³/mol. The average molecular weight is 511 g/mol. The van der Waals surface area contributed by atoms with Gasteiger partial charge in [-0.05, 0) is 90.3 Å². The summed E-state index contributed by atoms with van der Waals surface area (Å²) in [6.45, 7) is 6.14. The number of ether oxygens (including phenoxy) is 1. The number of carbonyl (C=O) groups excluding carboxylic acids is 1. The first kappa shape index (κ1) is 25.6. The average Bonchev–Trinajstić information content (AvgIpc) is 3.55. The number of nitrogens with one attached hydrogen (secondary N) is 1. The molecule has 1 saturated carbocycles. The lowest BCUT2D eigenvalue weighted by Crippen LogP contribution is -2.30. The molecule has 2 N–H and O–H groups in total. The van der Waals surface area contributed by atoms with Gasteiger partial charge in [-0.3, -0.25) is 9.59 Å². The van der Waals surface area contributed by atoms with Crippen molar-refractivity contribution in [1.82, 2.24) is 9.88 Å². The van der Waals surface area contributed by atoms with Crippen molar-refractivity contribution in [2.45, 2.75) is 58.0 Å². The molecule has 0 saturated heterocycles. The number of fused-ring (bicyclic) bond motifs is 1. The van der Waals surface area contributed by atoms with Gasteiger partial charge in [0.15, 0.2) is 0 Å². The van der Waals surface area contributed by atoms with Gasteiger partial charge in [0.1, 0.15) is 18.0 Å². The maximum absolute atomic E-state index is 13.1. The number of carboxylic acid groups (broad SMARTS) is 1. The first-order valence-corrected chi connectivity index (χ1v) is 13.2. The van der Waals surface area contributed by atoms with Crippen molar-refractivity contribution in [3.05, 3.63) is 84.1 Å². The number of hydrogen-bond acceptors (Lipinski definition) is 3. The number of aliphatic carboxylic acids is 1. The zero-order valence-corrected chi connectivity index (χ0v) is 22.2. The van der Waals surface area contributed by atoms with Crippen LogP contribution in [0.15, 0.2) is 72.8 Å². The molecule has 1 aliphatic rings. The molecule has 0 bridgehead atoms. The van der Waals surface area contributed by atoms with Gasteiger partial charge in [-0.1, -0.05) is 51.1 Å². The summed E-state index contributed by atoms with van der Waals surface area (Å²) in [5, 5.41) is 12.5. The third-order valence-electron chi connectivity index (χ3n) is 7.22. The Hall–Kier alpha value is -4.06. The summed E-state index contributed by atoms with van der Waals surface area (Å²) in [7, 11) is 0. The zero-order chi connectivity index (χ0) is 26.9. The van der Waals surface area contributed by atoms with Gasteiger partial charge in [0, 0.05) is 11.1 Å². The first-order valence-electron chi connectivity index (χ1n) is 13.2.